The third-order valence-electron chi connectivity index (χ3n) is 4.42. The third-order valence-corrected chi connectivity index (χ3v) is 6.00. The highest BCUT2D eigenvalue weighted by molar-refractivity contribution is 7.99. The van der Waals surface area contributed by atoms with Crippen LogP contribution in [0.2, 0.25) is 0 Å². The van der Waals surface area contributed by atoms with Gasteiger partial charge in [-0.1, -0.05) is 45.8 Å². The van der Waals surface area contributed by atoms with Gasteiger partial charge in [-0.2, -0.15) is 11.8 Å². The van der Waals surface area contributed by atoms with Crippen LogP contribution in [0.1, 0.15) is 54.4 Å². The van der Waals surface area contributed by atoms with E-state index in [4.69, 9.17) is 0 Å². The molecule has 0 bridgehead atoms. The van der Waals surface area contributed by atoms with Crippen molar-refractivity contribution >= 4 is 11.8 Å². The molecular weight excluding hydrogens is 212 g/mol. The second kappa shape index (κ2) is 6.14. The maximum absolute atomic E-state index is 2.43. The Bertz CT molecular complexity index is 254. The molecule has 0 heterocycles. The van der Waals surface area contributed by atoms with Gasteiger partial charge in [-0.15, -0.1) is 0 Å². The normalized spacial score (nSPS) is 29.6. The van der Waals surface area contributed by atoms with Crippen LogP contribution in [0.25, 0.3) is 0 Å². The average molecular weight is 240 g/mol. The molecule has 0 aliphatic heterocycles. The molecule has 1 aliphatic rings. The average Bonchev–Trinajstić information content (AvgIpc) is 2.52. The Morgan fingerprint density at radius 2 is 1.94 bits per heavy atom. The van der Waals surface area contributed by atoms with Crippen molar-refractivity contribution in [1.29, 1.82) is 0 Å². The van der Waals surface area contributed by atoms with Crippen LogP contribution in [0, 0.1) is 17.8 Å². The molecule has 0 nitrogen and oxygen atoms in total. The third kappa shape index (κ3) is 3.06. The summed E-state index contributed by atoms with van der Waals surface area (Å²) in [5, 5.41) is 0.780. The van der Waals surface area contributed by atoms with Gasteiger partial charge in [0.1, 0.15) is 0 Å². The number of hydrogen-bond donors (Lipinski definition) is 0. The zero-order chi connectivity index (χ0) is 12.3. The molecule has 0 fully saturated rings. The van der Waals surface area contributed by atoms with E-state index in [0.717, 1.165) is 23.0 Å². The van der Waals surface area contributed by atoms with Crippen molar-refractivity contribution in [2.45, 2.75) is 59.6 Å². The van der Waals surface area contributed by atoms with Crippen LogP contribution in [0.4, 0.5) is 0 Å². The summed E-state index contributed by atoms with van der Waals surface area (Å²) in [5.74, 6) is 3.74. The first-order chi connectivity index (χ1) is 7.49. The van der Waals surface area contributed by atoms with Crippen molar-refractivity contribution in [3.8, 4) is 0 Å². The van der Waals surface area contributed by atoms with Crippen LogP contribution >= 0.6 is 11.8 Å². The van der Waals surface area contributed by atoms with Gasteiger partial charge < -0.3 is 0 Å². The molecule has 1 aliphatic carbocycles. The molecule has 4 atom stereocenters. The van der Waals surface area contributed by atoms with Crippen LogP contribution in [-0.2, 0) is 0 Å². The summed E-state index contributed by atoms with van der Waals surface area (Å²) in [6.45, 7) is 14.3. The van der Waals surface area contributed by atoms with Gasteiger partial charge in [-0.05, 0) is 43.3 Å². The van der Waals surface area contributed by atoms with Gasteiger partial charge in [0.05, 0.1) is 0 Å². The minimum Gasteiger partial charge on any atom is -0.158 e. The molecule has 0 N–H and O–H groups in total. The molecule has 0 aromatic rings. The zero-order valence-electron chi connectivity index (χ0n) is 11.8. The highest BCUT2D eigenvalue weighted by atomic mass is 32.2. The Hall–Kier alpha value is 0.0900. The van der Waals surface area contributed by atoms with Crippen molar-refractivity contribution in [1.82, 2.24) is 0 Å². The molecular formula is C15H28S. The predicted molar refractivity (Wildman–Crippen MR) is 77.0 cm³/mol. The second-order valence-electron chi connectivity index (χ2n) is 5.54. The zero-order valence-corrected chi connectivity index (χ0v) is 12.7. The summed E-state index contributed by atoms with van der Waals surface area (Å²) in [5.41, 5.74) is 3.44. The maximum atomic E-state index is 2.43. The second-order valence-corrected chi connectivity index (χ2v) is 7.03. The van der Waals surface area contributed by atoms with E-state index in [9.17, 15) is 0 Å². The Morgan fingerprint density at radius 1 is 1.31 bits per heavy atom. The SMILES string of the molecule is CCCSC(C)[C@H](C)C1=C(C)[C@H](C)C(C)C1. The molecule has 1 heteroatoms. The van der Waals surface area contributed by atoms with E-state index < -0.39 is 0 Å². The van der Waals surface area contributed by atoms with E-state index in [1.807, 2.05) is 0 Å². The van der Waals surface area contributed by atoms with Crippen LogP contribution in [0.3, 0.4) is 0 Å². The lowest BCUT2D eigenvalue weighted by atomic mass is 9.94. The molecule has 0 radical (unpaired) electrons. The number of rotatable bonds is 5. The summed E-state index contributed by atoms with van der Waals surface area (Å²) in [6, 6.07) is 0. The van der Waals surface area contributed by atoms with Gasteiger partial charge in [-0.25, -0.2) is 0 Å². The lowest BCUT2D eigenvalue weighted by Gasteiger charge is -2.22. The van der Waals surface area contributed by atoms with Gasteiger partial charge in [-0.3, -0.25) is 0 Å². The molecule has 0 aromatic carbocycles. The van der Waals surface area contributed by atoms with Crippen molar-refractivity contribution in [3.63, 3.8) is 0 Å². The Kier molecular flexibility index (Phi) is 5.43. The van der Waals surface area contributed by atoms with E-state index in [0.29, 0.717) is 0 Å². The summed E-state index contributed by atoms with van der Waals surface area (Å²) in [4.78, 5) is 0. The van der Waals surface area contributed by atoms with Crippen molar-refractivity contribution in [2.24, 2.45) is 17.8 Å². The quantitative estimate of drug-likeness (QED) is 0.599. The van der Waals surface area contributed by atoms with Gasteiger partial charge in [0.15, 0.2) is 0 Å². The minimum absolute atomic E-state index is 0.768. The van der Waals surface area contributed by atoms with Gasteiger partial charge in [0.25, 0.3) is 0 Å². The fraction of sp³-hybridized carbons (Fsp3) is 0.867. The Balaban J connectivity index is 2.63. The van der Waals surface area contributed by atoms with E-state index in [2.05, 4.69) is 53.3 Å². The summed E-state index contributed by atoms with van der Waals surface area (Å²) < 4.78 is 0. The molecule has 1 rings (SSSR count). The Labute approximate surface area is 106 Å². The van der Waals surface area contributed by atoms with E-state index in [-0.39, 0.29) is 0 Å². The van der Waals surface area contributed by atoms with E-state index in [1.165, 1.54) is 18.6 Å². The van der Waals surface area contributed by atoms with Gasteiger partial charge in [0, 0.05) is 5.25 Å². The van der Waals surface area contributed by atoms with Crippen LogP contribution in [0.5, 0.6) is 0 Å². The molecule has 16 heavy (non-hydrogen) atoms. The number of thioether (sulfide) groups is 1. The van der Waals surface area contributed by atoms with Gasteiger partial charge >= 0.3 is 0 Å². The molecule has 0 aromatic heterocycles. The molecule has 2 unspecified atom stereocenters. The van der Waals surface area contributed by atoms with Crippen molar-refractivity contribution in [3.05, 3.63) is 11.1 Å². The molecule has 0 saturated heterocycles. The first-order valence-corrected chi connectivity index (χ1v) is 7.85. The van der Waals surface area contributed by atoms with E-state index >= 15 is 0 Å². The topological polar surface area (TPSA) is 0 Å². The molecule has 94 valence electrons. The van der Waals surface area contributed by atoms with Gasteiger partial charge in [0.2, 0.25) is 0 Å². The fourth-order valence-corrected chi connectivity index (χ4v) is 3.74. The maximum Gasteiger partial charge on any atom is 0.00816 e. The van der Waals surface area contributed by atoms with Crippen LogP contribution in [-0.4, -0.2) is 11.0 Å². The lowest BCUT2D eigenvalue weighted by molar-refractivity contribution is 0.472. The Morgan fingerprint density at radius 3 is 2.38 bits per heavy atom. The highest BCUT2D eigenvalue weighted by Gasteiger charge is 2.30. The predicted octanol–water partition coefficient (Wildman–Crippen LogP) is 5.15. The first kappa shape index (κ1) is 14.2. The highest BCUT2D eigenvalue weighted by Crippen LogP contribution is 2.42. The fourth-order valence-electron chi connectivity index (χ4n) is 2.68. The van der Waals surface area contributed by atoms with Crippen LogP contribution in [0.15, 0.2) is 11.1 Å². The monoisotopic (exact) mass is 240 g/mol. The van der Waals surface area contributed by atoms with Crippen molar-refractivity contribution < 1.29 is 0 Å². The summed E-state index contributed by atoms with van der Waals surface area (Å²) >= 11 is 2.14. The molecule has 0 amide bonds. The number of hydrogen-bond acceptors (Lipinski definition) is 1. The molecule has 0 saturated carbocycles. The standard InChI is InChI=1S/C15H28S/c1-7-8-16-14(6)13(5)15-9-10(2)11(3)12(15)4/h10-11,13-14H,7-9H2,1-6H3/t10?,11-,13+,14?/m1/s1. The lowest BCUT2D eigenvalue weighted by Crippen LogP contribution is -2.13. The van der Waals surface area contributed by atoms with Crippen LogP contribution < -0.4 is 0 Å². The number of allylic oxidation sites excluding steroid dienone is 2. The molecule has 0 spiro atoms. The smallest absolute Gasteiger partial charge is 0.00816 e. The van der Waals surface area contributed by atoms with E-state index in [1.54, 1.807) is 11.1 Å². The summed E-state index contributed by atoms with van der Waals surface area (Å²) in [6.07, 6.45) is 2.64. The first-order valence-electron chi connectivity index (χ1n) is 6.80. The largest absolute Gasteiger partial charge is 0.158 e. The summed E-state index contributed by atoms with van der Waals surface area (Å²) in [7, 11) is 0. The van der Waals surface area contributed by atoms with Crippen molar-refractivity contribution in [2.75, 3.05) is 5.75 Å². The minimum atomic E-state index is 0.768.